The van der Waals surface area contributed by atoms with Crippen LogP contribution < -0.4 is 5.32 Å². The van der Waals surface area contributed by atoms with Gasteiger partial charge in [-0.1, -0.05) is 0 Å². The quantitative estimate of drug-likeness (QED) is 0.674. The second-order valence-corrected chi connectivity index (χ2v) is 3.97. The molecule has 1 amide bonds. The number of aliphatic imine (C=N–C) groups is 1. The van der Waals surface area contributed by atoms with Crippen LogP contribution in [-0.4, -0.2) is 12.0 Å². The Hall–Kier alpha value is -2.65. The first-order valence-corrected chi connectivity index (χ1v) is 5.70. The van der Waals surface area contributed by atoms with Crippen molar-refractivity contribution in [2.24, 2.45) is 4.99 Å². The Kier molecular flexibility index (Phi) is 3.90. The van der Waals surface area contributed by atoms with E-state index in [2.05, 4.69) is 10.3 Å². The van der Waals surface area contributed by atoms with E-state index >= 15 is 0 Å². The molecule has 1 N–H and O–H groups in total. The van der Waals surface area contributed by atoms with Crippen molar-refractivity contribution >= 4 is 17.7 Å². The van der Waals surface area contributed by atoms with Crippen molar-refractivity contribution in [2.75, 3.05) is 0 Å². The third-order valence-corrected chi connectivity index (χ3v) is 2.63. The Morgan fingerprint density at radius 1 is 1.42 bits per heavy atom. The zero-order valence-electron chi connectivity index (χ0n) is 10.3. The monoisotopic (exact) mass is 256 g/mol. The number of furan rings is 1. The normalized spacial score (nSPS) is 9.74. The van der Waals surface area contributed by atoms with E-state index in [-0.39, 0.29) is 5.91 Å². The SMILES string of the molecule is Cc1cc(C(=O)NCc2ccco2)ccc1N=C=O. The summed E-state index contributed by atoms with van der Waals surface area (Å²) in [5.74, 6) is 0.480. The number of carbonyl (C=O) groups is 1. The van der Waals surface area contributed by atoms with Crippen LogP contribution >= 0.6 is 0 Å². The van der Waals surface area contributed by atoms with E-state index in [1.165, 1.54) is 6.08 Å². The standard InChI is InChI=1S/C14H12N2O3/c1-10-7-11(4-5-13(10)16-9-17)14(18)15-8-12-3-2-6-19-12/h2-7H,8H2,1H3,(H,15,18). The average Bonchev–Trinajstić information content (AvgIpc) is 2.91. The molecule has 1 aromatic heterocycles. The lowest BCUT2D eigenvalue weighted by Gasteiger charge is -2.05. The van der Waals surface area contributed by atoms with Crippen molar-refractivity contribution in [2.45, 2.75) is 13.5 Å². The van der Waals surface area contributed by atoms with E-state index in [9.17, 15) is 9.59 Å². The minimum Gasteiger partial charge on any atom is -0.467 e. The fraction of sp³-hybridized carbons (Fsp3) is 0.143. The third kappa shape index (κ3) is 3.18. The molecule has 0 saturated carbocycles. The number of rotatable bonds is 4. The van der Waals surface area contributed by atoms with Gasteiger partial charge in [0.25, 0.3) is 5.91 Å². The van der Waals surface area contributed by atoms with E-state index in [0.717, 1.165) is 5.56 Å². The molecule has 0 saturated heterocycles. The maximum atomic E-state index is 11.9. The van der Waals surface area contributed by atoms with Crippen molar-refractivity contribution in [3.05, 3.63) is 53.5 Å². The lowest BCUT2D eigenvalue weighted by atomic mass is 10.1. The number of amides is 1. The minimum atomic E-state index is -0.207. The summed E-state index contributed by atoms with van der Waals surface area (Å²) in [6.07, 6.45) is 3.03. The molecular formula is C14H12N2O3. The fourth-order valence-corrected chi connectivity index (χ4v) is 1.65. The first kappa shape index (κ1) is 12.8. The molecule has 0 unspecified atom stereocenters. The van der Waals surface area contributed by atoms with Crippen LogP contribution in [0.4, 0.5) is 5.69 Å². The second kappa shape index (κ2) is 5.80. The van der Waals surface area contributed by atoms with Crippen molar-refractivity contribution in [1.29, 1.82) is 0 Å². The lowest BCUT2D eigenvalue weighted by molar-refractivity contribution is 0.0948. The van der Waals surface area contributed by atoms with Crippen LogP contribution in [0.3, 0.4) is 0 Å². The van der Waals surface area contributed by atoms with Crippen LogP contribution in [0.2, 0.25) is 0 Å². The molecule has 1 aromatic carbocycles. The number of aryl methyl sites for hydroxylation is 1. The highest BCUT2D eigenvalue weighted by Crippen LogP contribution is 2.19. The Morgan fingerprint density at radius 3 is 2.89 bits per heavy atom. The fourth-order valence-electron chi connectivity index (χ4n) is 1.65. The Balaban J connectivity index is 2.07. The molecule has 19 heavy (non-hydrogen) atoms. The van der Waals surface area contributed by atoms with Gasteiger partial charge in [0.05, 0.1) is 18.5 Å². The van der Waals surface area contributed by atoms with Gasteiger partial charge >= 0.3 is 0 Å². The van der Waals surface area contributed by atoms with Gasteiger partial charge in [-0.2, -0.15) is 4.99 Å². The molecule has 0 aliphatic heterocycles. The number of hydrogen-bond acceptors (Lipinski definition) is 4. The van der Waals surface area contributed by atoms with Gasteiger partial charge in [-0.3, -0.25) is 4.79 Å². The first-order chi connectivity index (χ1) is 9.20. The van der Waals surface area contributed by atoms with Gasteiger partial charge in [0, 0.05) is 5.56 Å². The summed E-state index contributed by atoms with van der Waals surface area (Å²) in [5.41, 5.74) is 1.76. The zero-order chi connectivity index (χ0) is 13.7. The summed E-state index contributed by atoms with van der Waals surface area (Å²) < 4.78 is 5.12. The Morgan fingerprint density at radius 2 is 2.26 bits per heavy atom. The molecule has 0 fully saturated rings. The topological polar surface area (TPSA) is 71.7 Å². The van der Waals surface area contributed by atoms with Crippen molar-refractivity contribution in [3.8, 4) is 0 Å². The minimum absolute atomic E-state index is 0.207. The van der Waals surface area contributed by atoms with Gasteiger partial charge in [0.15, 0.2) is 0 Å². The Labute approximate surface area is 110 Å². The smallest absolute Gasteiger partial charge is 0.251 e. The molecule has 5 heteroatoms. The van der Waals surface area contributed by atoms with Crippen LogP contribution in [0.25, 0.3) is 0 Å². The molecular weight excluding hydrogens is 244 g/mol. The number of hydrogen-bond donors (Lipinski definition) is 1. The number of carbonyl (C=O) groups excluding carboxylic acids is 2. The van der Waals surface area contributed by atoms with Crippen LogP contribution in [0.1, 0.15) is 21.7 Å². The maximum absolute atomic E-state index is 11.9. The molecule has 1 heterocycles. The summed E-state index contributed by atoms with van der Waals surface area (Å²) in [6, 6.07) is 8.45. The third-order valence-electron chi connectivity index (χ3n) is 2.63. The Bertz CT molecular complexity index is 626. The predicted octanol–water partition coefficient (Wildman–Crippen LogP) is 2.49. The molecule has 0 aliphatic rings. The first-order valence-electron chi connectivity index (χ1n) is 5.70. The van der Waals surface area contributed by atoms with Crippen molar-refractivity contribution in [1.82, 2.24) is 5.32 Å². The number of nitrogens with one attached hydrogen (secondary N) is 1. The van der Waals surface area contributed by atoms with Crippen molar-refractivity contribution < 1.29 is 14.0 Å². The molecule has 5 nitrogen and oxygen atoms in total. The lowest BCUT2D eigenvalue weighted by Crippen LogP contribution is -2.22. The highest BCUT2D eigenvalue weighted by atomic mass is 16.3. The number of nitrogens with zero attached hydrogens (tertiary/aromatic N) is 1. The molecule has 0 atom stereocenters. The van der Waals surface area contributed by atoms with Crippen molar-refractivity contribution in [3.63, 3.8) is 0 Å². The highest BCUT2D eigenvalue weighted by Gasteiger charge is 2.08. The van der Waals surface area contributed by atoms with E-state index < -0.39 is 0 Å². The van der Waals surface area contributed by atoms with Gasteiger partial charge in [0.2, 0.25) is 6.08 Å². The molecule has 2 aromatic rings. The highest BCUT2D eigenvalue weighted by molar-refractivity contribution is 5.94. The largest absolute Gasteiger partial charge is 0.467 e. The van der Waals surface area contributed by atoms with E-state index in [1.54, 1.807) is 43.5 Å². The molecule has 0 radical (unpaired) electrons. The summed E-state index contributed by atoms with van der Waals surface area (Å²) in [5, 5.41) is 2.74. The summed E-state index contributed by atoms with van der Waals surface area (Å²) in [7, 11) is 0. The van der Waals surface area contributed by atoms with Crippen LogP contribution in [-0.2, 0) is 11.3 Å². The van der Waals surface area contributed by atoms with Crippen LogP contribution in [0.15, 0.2) is 46.0 Å². The second-order valence-electron chi connectivity index (χ2n) is 3.97. The molecule has 2 rings (SSSR count). The molecule has 96 valence electrons. The summed E-state index contributed by atoms with van der Waals surface area (Å²) in [6.45, 7) is 2.11. The molecule has 0 aliphatic carbocycles. The van der Waals surface area contributed by atoms with Gasteiger partial charge in [0.1, 0.15) is 5.76 Å². The number of benzene rings is 1. The van der Waals surface area contributed by atoms with E-state index in [4.69, 9.17) is 4.42 Å². The van der Waals surface area contributed by atoms with Gasteiger partial charge in [-0.15, -0.1) is 0 Å². The average molecular weight is 256 g/mol. The molecule has 0 spiro atoms. The summed E-state index contributed by atoms with van der Waals surface area (Å²) >= 11 is 0. The van der Waals surface area contributed by atoms with Gasteiger partial charge in [-0.25, -0.2) is 4.79 Å². The van der Waals surface area contributed by atoms with Gasteiger partial charge < -0.3 is 9.73 Å². The van der Waals surface area contributed by atoms with E-state index in [1.807, 2.05) is 0 Å². The number of isocyanates is 1. The van der Waals surface area contributed by atoms with Crippen LogP contribution in [0.5, 0.6) is 0 Å². The zero-order valence-corrected chi connectivity index (χ0v) is 10.3. The maximum Gasteiger partial charge on any atom is 0.251 e. The van der Waals surface area contributed by atoms with Crippen LogP contribution in [0, 0.1) is 6.92 Å². The molecule has 0 bridgehead atoms. The summed E-state index contributed by atoms with van der Waals surface area (Å²) in [4.78, 5) is 25.6. The van der Waals surface area contributed by atoms with E-state index in [0.29, 0.717) is 23.6 Å². The predicted molar refractivity (Wildman–Crippen MR) is 68.8 cm³/mol. The van der Waals surface area contributed by atoms with Gasteiger partial charge in [-0.05, 0) is 42.8 Å².